The summed E-state index contributed by atoms with van der Waals surface area (Å²) in [5, 5.41) is 4.42. The van der Waals surface area contributed by atoms with Crippen LogP contribution >= 0.6 is 11.3 Å². The van der Waals surface area contributed by atoms with E-state index < -0.39 is 10.0 Å². The number of sulfonamides is 1. The van der Waals surface area contributed by atoms with Gasteiger partial charge in [0.1, 0.15) is 4.90 Å². The number of aromatic nitrogens is 3. The summed E-state index contributed by atoms with van der Waals surface area (Å²) in [4.78, 5) is 5.78. The van der Waals surface area contributed by atoms with Gasteiger partial charge in [0.25, 0.3) is 0 Å². The molecule has 0 aliphatic rings. The van der Waals surface area contributed by atoms with Gasteiger partial charge in [-0.1, -0.05) is 6.92 Å². The van der Waals surface area contributed by atoms with Crippen molar-refractivity contribution in [1.82, 2.24) is 19.1 Å². The predicted octanol–water partition coefficient (Wildman–Crippen LogP) is 2.15. The number of hydrogen-bond acceptors (Lipinski definition) is 5. The van der Waals surface area contributed by atoms with Crippen LogP contribution in [0.25, 0.3) is 0 Å². The largest absolute Gasteiger partial charge is 0.268 e. The first-order chi connectivity index (χ1) is 10.3. The molecular weight excluding hydrogens is 320 g/mol. The highest BCUT2D eigenvalue weighted by Crippen LogP contribution is 2.23. The number of aryl methyl sites for hydroxylation is 4. The molecule has 122 valence electrons. The lowest BCUT2D eigenvalue weighted by atomic mass is 10.3. The maximum Gasteiger partial charge on any atom is 0.246 e. The molecule has 22 heavy (non-hydrogen) atoms. The average Bonchev–Trinajstić information content (AvgIpc) is 2.99. The van der Waals surface area contributed by atoms with E-state index in [0.29, 0.717) is 29.4 Å². The van der Waals surface area contributed by atoms with Crippen molar-refractivity contribution < 1.29 is 8.42 Å². The van der Waals surface area contributed by atoms with Gasteiger partial charge in [-0.25, -0.2) is 17.7 Å². The molecule has 0 fully saturated rings. The zero-order valence-electron chi connectivity index (χ0n) is 13.6. The van der Waals surface area contributed by atoms with E-state index in [-0.39, 0.29) is 0 Å². The molecule has 0 bridgehead atoms. The van der Waals surface area contributed by atoms with Crippen molar-refractivity contribution in [2.75, 3.05) is 13.6 Å². The van der Waals surface area contributed by atoms with Gasteiger partial charge in [0.2, 0.25) is 10.0 Å². The van der Waals surface area contributed by atoms with E-state index in [4.69, 9.17) is 0 Å². The highest BCUT2D eigenvalue weighted by atomic mass is 32.2. The van der Waals surface area contributed by atoms with E-state index in [1.807, 2.05) is 26.3 Å². The van der Waals surface area contributed by atoms with Crippen molar-refractivity contribution in [1.29, 1.82) is 0 Å². The minimum Gasteiger partial charge on any atom is -0.268 e. The van der Waals surface area contributed by atoms with Gasteiger partial charge in [-0.05, 0) is 20.8 Å². The Hall–Kier alpha value is -1.25. The molecule has 0 amide bonds. The number of thiazole rings is 1. The minimum absolute atomic E-state index is 0.331. The Kier molecular flexibility index (Phi) is 5.03. The normalized spacial score (nSPS) is 12.3. The van der Waals surface area contributed by atoms with Crippen LogP contribution in [0.3, 0.4) is 0 Å². The second-order valence-corrected chi connectivity index (χ2v) is 8.17. The minimum atomic E-state index is -3.47. The molecule has 2 aromatic rings. The smallest absolute Gasteiger partial charge is 0.246 e. The summed E-state index contributed by atoms with van der Waals surface area (Å²) in [7, 11) is -1.88. The van der Waals surface area contributed by atoms with Gasteiger partial charge >= 0.3 is 0 Å². The molecule has 0 saturated carbocycles. The van der Waals surface area contributed by atoms with Crippen molar-refractivity contribution in [2.24, 2.45) is 0 Å². The van der Waals surface area contributed by atoms with E-state index in [2.05, 4.69) is 10.1 Å². The van der Waals surface area contributed by atoms with Crippen LogP contribution < -0.4 is 0 Å². The standard InChI is InChI=1S/C14H22N4O2S2/c1-6-17(5)22(19,20)14-11(3)16-18(12(14)4)8-7-13-10(2)15-9-21-13/h9H,6-8H2,1-5H3. The second-order valence-electron chi connectivity index (χ2n) is 5.25. The Balaban J connectivity index is 2.30. The number of nitrogens with zero attached hydrogens (tertiary/aromatic N) is 4. The lowest BCUT2D eigenvalue weighted by Crippen LogP contribution is -2.27. The van der Waals surface area contributed by atoms with E-state index in [0.717, 1.165) is 12.1 Å². The Bertz CT molecular complexity index is 762. The molecule has 6 nitrogen and oxygen atoms in total. The topological polar surface area (TPSA) is 68.1 Å². The molecule has 0 aromatic carbocycles. The zero-order valence-corrected chi connectivity index (χ0v) is 15.3. The van der Waals surface area contributed by atoms with Gasteiger partial charge in [-0.2, -0.15) is 5.10 Å². The van der Waals surface area contributed by atoms with Crippen LogP contribution in [0.2, 0.25) is 0 Å². The van der Waals surface area contributed by atoms with E-state index >= 15 is 0 Å². The van der Waals surface area contributed by atoms with Gasteiger partial charge in [-0.15, -0.1) is 11.3 Å². The number of hydrogen-bond donors (Lipinski definition) is 0. The highest BCUT2D eigenvalue weighted by molar-refractivity contribution is 7.89. The van der Waals surface area contributed by atoms with Crippen molar-refractivity contribution in [3.63, 3.8) is 0 Å². The van der Waals surface area contributed by atoms with E-state index in [1.165, 1.54) is 9.18 Å². The average molecular weight is 342 g/mol. The van der Waals surface area contributed by atoms with Gasteiger partial charge in [0.15, 0.2) is 0 Å². The summed E-state index contributed by atoms with van der Waals surface area (Å²) < 4.78 is 28.3. The van der Waals surface area contributed by atoms with E-state index in [1.54, 1.807) is 30.0 Å². The fourth-order valence-corrected chi connectivity index (χ4v) is 4.69. The monoisotopic (exact) mass is 342 g/mol. The van der Waals surface area contributed by atoms with Crippen molar-refractivity contribution >= 4 is 21.4 Å². The zero-order chi connectivity index (χ0) is 16.5. The second kappa shape index (κ2) is 6.47. The molecule has 0 spiro atoms. The molecule has 0 atom stereocenters. The summed E-state index contributed by atoms with van der Waals surface area (Å²) in [6.07, 6.45) is 0.807. The Labute approximate surface area is 135 Å². The highest BCUT2D eigenvalue weighted by Gasteiger charge is 2.27. The van der Waals surface area contributed by atoms with Crippen molar-refractivity contribution in [2.45, 2.75) is 45.6 Å². The van der Waals surface area contributed by atoms with Crippen LogP contribution in [0.1, 0.15) is 28.9 Å². The summed E-state index contributed by atoms with van der Waals surface area (Å²) in [6.45, 7) is 8.46. The summed E-state index contributed by atoms with van der Waals surface area (Å²) in [6, 6.07) is 0. The predicted molar refractivity (Wildman–Crippen MR) is 87.7 cm³/mol. The van der Waals surface area contributed by atoms with Crippen LogP contribution in [-0.2, 0) is 23.0 Å². The molecule has 0 unspecified atom stereocenters. The van der Waals surface area contributed by atoms with Crippen LogP contribution in [0.15, 0.2) is 10.4 Å². The summed E-state index contributed by atoms with van der Waals surface area (Å²) >= 11 is 1.62. The van der Waals surface area contributed by atoms with Crippen LogP contribution in [0.4, 0.5) is 0 Å². The third kappa shape index (κ3) is 3.09. The summed E-state index contributed by atoms with van der Waals surface area (Å²) in [5.74, 6) is 0. The maximum absolute atomic E-state index is 12.6. The molecule has 0 aliphatic heterocycles. The first-order valence-electron chi connectivity index (χ1n) is 7.18. The van der Waals surface area contributed by atoms with Crippen molar-refractivity contribution in [3.05, 3.63) is 27.5 Å². The Morgan fingerprint density at radius 3 is 2.50 bits per heavy atom. The van der Waals surface area contributed by atoms with Crippen LogP contribution in [-0.4, -0.2) is 41.1 Å². The molecular formula is C14H22N4O2S2. The lowest BCUT2D eigenvalue weighted by Gasteiger charge is -2.15. The fraction of sp³-hybridized carbons (Fsp3) is 0.571. The van der Waals surface area contributed by atoms with Crippen LogP contribution in [0, 0.1) is 20.8 Å². The molecule has 2 heterocycles. The first kappa shape index (κ1) is 17.1. The third-order valence-electron chi connectivity index (χ3n) is 3.82. The number of rotatable bonds is 6. The Morgan fingerprint density at radius 1 is 1.27 bits per heavy atom. The van der Waals surface area contributed by atoms with Crippen molar-refractivity contribution in [3.8, 4) is 0 Å². The molecule has 0 radical (unpaired) electrons. The quantitative estimate of drug-likeness (QED) is 0.807. The molecule has 0 aliphatic carbocycles. The maximum atomic E-state index is 12.6. The molecule has 0 N–H and O–H groups in total. The molecule has 0 saturated heterocycles. The van der Waals surface area contributed by atoms with Gasteiger partial charge < -0.3 is 0 Å². The summed E-state index contributed by atoms with van der Waals surface area (Å²) in [5.41, 5.74) is 4.11. The van der Waals surface area contributed by atoms with E-state index in [9.17, 15) is 8.42 Å². The molecule has 2 rings (SSSR count). The van der Waals surface area contributed by atoms with Gasteiger partial charge in [0, 0.05) is 31.4 Å². The lowest BCUT2D eigenvalue weighted by molar-refractivity contribution is 0.485. The molecule has 8 heteroatoms. The van der Waals surface area contributed by atoms with Gasteiger partial charge in [0.05, 0.1) is 22.6 Å². The fourth-order valence-electron chi connectivity index (χ4n) is 2.37. The Morgan fingerprint density at radius 2 is 1.95 bits per heavy atom. The molecule has 2 aromatic heterocycles. The van der Waals surface area contributed by atoms with Gasteiger partial charge in [-0.3, -0.25) is 4.68 Å². The third-order valence-corrected chi connectivity index (χ3v) is 7.00. The SMILES string of the molecule is CCN(C)S(=O)(=O)c1c(C)nn(CCc2scnc2C)c1C. The first-order valence-corrected chi connectivity index (χ1v) is 9.50. The van der Waals surface area contributed by atoms with Crippen LogP contribution in [0.5, 0.6) is 0 Å².